The lowest BCUT2D eigenvalue weighted by Gasteiger charge is -2.10. The fourth-order valence-corrected chi connectivity index (χ4v) is 2.02. The highest BCUT2D eigenvalue weighted by Gasteiger charge is 2.13. The van der Waals surface area contributed by atoms with Crippen LogP contribution in [0.5, 0.6) is 5.75 Å². The number of halogens is 1. The van der Waals surface area contributed by atoms with Crippen LogP contribution in [0.25, 0.3) is 11.1 Å². The molecule has 1 aromatic heterocycles. The van der Waals surface area contributed by atoms with E-state index in [0.717, 1.165) is 6.42 Å². The molecule has 2 aromatic rings. The first-order valence-electron chi connectivity index (χ1n) is 6.63. The summed E-state index contributed by atoms with van der Waals surface area (Å²) in [6.45, 7) is 4.06. The molecule has 0 unspecified atom stereocenters. The molecular formula is C16H15FN2O2. The van der Waals surface area contributed by atoms with Crippen LogP contribution in [0.1, 0.15) is 24.6 Å². The van der Waals surface area contributed by atoms with Crippen molar-refractivity contribution in [2.75, 3.05) is 6.61 Å². The Morgan fingerprint density at radius 2 is 2.14 bits per heavy atom. The second kappa shape index (κ2) is 6.23. The molecule has 5 heteroatoms. The number of nitriles is 1. The van der Waals surface area contributed by atoms with Gasteiger partial charge in [-0.3, -0.25) is 4.79 Å². The van der Waals surface area contributed by atoms with Crippen molar-refractivity contribution >= 4 is 0 Å². The summed E-state index contributed by atoms with van der Waals surface area (Å²) in [6.07, 6.45) is 0.761. The second-order valence-electron chi connectivity index (χ2n) is 4.68. The lowest BCUT2D eigenvalue weighted by atomic mass is 10.0. The minimum absolute atomic E-state index is 0.00801. The van der Waals surface area contributed by atoms with Crippen molar-refractivity contribution in [1.82, 2.24) is 4.98 Å². The van der Waals surface area contributed by atoms with Gasteiger partial charge < -0.3 is 9.72 Å². The predicted molar refractivity (Wildman–Crippen MR) is 77.7 cm³/mol. The first kappa shape index (κ1) is 14.8. The molecule has 0 radical (unpaired) electrons. The SMILES string of the molecule is CCCOc1cc(-c2cc(C)[nH]c(=O)c2C#N)ccc1F. The van der Waals surface area contributed by atoms with Gasteiger partial charge >= 0.3 is 0 Å². The first-order valence-corrected chi connectivity index (χ1v) is 6.63. The van der Waals surface area contributed by atoms with Crippen LogP contribution in [-0.2, 0) is 0 Å². The summed E-state index contributed by atoms with van der Waals surface area (Å²) in [6, 6.07) is 7.90. The lowest BCUT2D eigenvalue weighted by Crippen LogP contribution is -2.12. The van der Waals surface area contributed by atoms with Gasteiger partial charge in [-0.05, 0) is 37.1 Å². The Morgan fingerprint density at radius 3 is 2.81 bits per heavy atom. The lowest BCUT2D eigenvalue weighted by molar-refractivity contribution is 0.301. The average Bonchev–Trinajstić information content (AvgIpc) is 2.45. The number of ether oxygens (including phenoxy) is 1. The van der Waals surface area contributed by atoms with Crippen molar-refractivity contribution in [3.63, 3.8) is 0 Å². The number of nitrogens with one attached hydrogen (secondary N) is 1. The van der Waals surface area contributed by atoms with Gasteiger partial charge in [0, 0.05) is 11.3 Å². The zero-order chi connectivity index (χ0) is 15.4. The van der Waals surface area contributed by atoms with Crippen LogP contribution in [0.4, 0.5) is 4.39 Å². The van der Waals surface area contributed by atoms with E-state index in [1.165, 1.54) is 18.2 Å². The zero-order valence-corrected chi connectivity index (χ0v) is 11.9. The number of pyridine rings is 1. The van der Waals surface area contributed by atoms with E-state index in [9.17, 15) is 9.18 Å². The highest BCUT2D eigenvalue weighted by Crippen LogP contribution is 2.28. The fourth-order valence-electron chi connectivity index (χ4n) is 2.02. The topological polar surface area (TPSA) is 65.9 Å². The Bertz CT molecular complexity index is 760. The standard InChI is InChI=1S/C16H15FN2O2/c1-3-6-21-15-8-11(4-5-14(15)17)12-7-10(2)19-16(20)13(12)9-18/h4-5,7-8H,3,6H2,1-2H3,(H,19,20). The molecular weight excluding hydrogens is 271 g/mol. The molecule has 0 aliphatic rings. The van der Waals surface area contributed by atoms with Gasteiger partial charge in [0.2, 0.25) is 0 Å². The van der Waals surface area contributed by atoms with Crippen molar-refractivity contribution in [2.24, 2.45) is 0 Å². The largest absolute Gasteiger partial charge is 0.491 e. The van der Waals surface area contributed by atoms with E-state index >= 15 is 0 Å². The van der Waals surface area contributed by atoms with Crippen LogP contribution in [0.3, 0.4) is 0 Å². The van der Waals surface area contributed by atoms with Gasteiger partial charge in [0.15, 0.2) is 11.6 Å². The third kappa shape index (κ3) is 3.11. The number of nitrogens with zero attached hydrogens (tertiary/aromatic N) is 1. The number of aryl methyl sites for hydroxylation is 1. The average molecular weight is 286 g/mol. The molecule has 2 rings (SSSR count). The molecule has 0 fully saturated rings. The summed E-state index contributed by atoms with van der Waals surface area (Å²) in [5.74, 6) is -0.344. The summed E-state index contributed by atoms with van der Waals surface area (Å²) >= 11 is 0. The quantitative estimate of drug-likeness (QED) is 0.939. The molecule has 0 atom stereocenters. The molecule has 0 saturated heterocycles. The number of benzene rings is 1. The Labute approximate surface area is 121 Å². The number of aromatic nitrogens is 1. The van der Waals surface area contributed by atoms with E-state index < -0.39 is 11.4 Å². The van der Waals surface area contributed by atoms with Crippen LogP contribution < -0.4 is 10.3 Å². The Morgan fingerprint density at radius 1 is 1.38 bits per heavy atom. The number of hydrogen-bond acceptors (Lipinski definition) is 3. The van der Waals surface area contributed by atoms with Gasteiger partial charge in [-0.1, -0.05) is 13.0 Å². The maximum absolute atomic E-state index is 13.7. The number of rotatable bonds is 4. The first-order chi connectivity index (χ1) is 10.1. The number of aromatic amines is 1. The molecule has 0 spiro atoms. The minimum Gasteiger partial charge on any atom is -0.491 e. The van der Waals surface area contributed by atoms with Crippen molar-refractivity contribution in [3.8, 4) is 22.9 Å². The molecule has 0 aliphatic heterocycles. The van der Waals surface area contributed by atoms with Crippen molar-refractivity contribution < 1.29 is 9.13 Å². The molecule has 1 N–H and O–H groups in total. The van der Waals surface area contributed by atoms with Gasteiger partial charge in [-0.25, -0.2) is 4.39 Å². The molecule has 0 aliphatic carbocycles. The van der Waals surface area contributed by atoms with Crippen LogP contribution >= 0.6 is 0 Å². The molecule has 0 saturated carbocycles. The summed E-state index contributed by atoms with van der Waals surface area (Å²) in [5.41, 5.74) is 1.24. The van der Waals surface area contributed by atoms with E-state index in [4.69, 9.17) is 10.00 Å². The van der Waals surface area contributed by atoms with Crippen LogP contribution in [0.2, 0.25) is 0 Å². The second-order valence-corrected chi connectivity index (χ2v) is 4.68. The third-order valence-corrected chi connectivity index (χ3v) is 2.98. The summed E-state index contributed by atoms with van der Waals surface area (Å²) in [7, 11) is 0. The Balaban J connectivity index is 2.57. The van der Waals surface area contributed by atoms with Gasteiger partial charge in [0.1, 0.15) is 11.6 Å². The van der Waals surface area contributed by atoms with Crippen molar-refractivity contribution in [2.45, 2.75) is 20.3 Å². The zero-order valence-electron chi connectivity index (χ0n) is 11.9. The van der Waals surface area contributed by atoms with E-state index in [0.29, 0.717) is 23.4 Å². The predicted octanol–water partition coefficient (Wildman–Crippen LogP) is 3.15. The highest BCUT2D eigenvalue weighted by atomic mass is 19.1. The van der Waals surface area contributed by atoms with Crippen LogP contribution in [0, 0.1) is 24.1 Å². The molecule has 108 valence electrons. The minimum atomic E-state index is -0.465. The highest BCUT2D eigenvalue weighted by molar-refractivity contribution is 5.71. The van der Waals surface area contributed by atoms with Crippen LogP contribution in [-0.4, -0.2) is 11.6 Å². The van der Waals surface area contributed by atoms with Crippen LogP contribution in [0.15, 0.2) is 29.1 Å². The summed E-state index contributed by atoms with van der Waals surface area (Å²) in [4.78, 5) is 14.4. The van der Waals surface area contributed by atoms with Gasteiger partial charge in [0.25, 0.3) is 5.56 Å². The Kier molecular flexibility index (Phi) is 4.39. The smallest absolute Gasteiger partial charge is 0.266 e. The molecule has 1 heterocycles. The maximum Gasteiger partial charge on any atom is 0.266 e. The molecule has 21 heavy (non-hydrogen) atoms. The number of H-pyrrole nitrogens is 1. The van der Waals surface area contributed by atoms with Gasteiger partial charge in [0.05, 0.1) is 6.61 Å². The normalized spacial score (nSPS) is 10.2. The summed E-state index contributed by atoms with van der Waals surface area (Å²) in [5, 5.41) is 9.14. The van der Waals surface area contributed by atoms with E-state index in [-0.39, 0.29) is 11.3 Å². The monoisotopic (exact) mass is 286 g/mol. The molecule has 4 nitrogen and oxygen atoms in total. The Hall–Kier alpha value is -2.61. The molecule has 1 aromatic carbocycles. The van der Waals surface area contributed by atoms with Gasteiger partial charge in [-0.2, -0.15) is 5.26 Å². The van der Waals surface area contributed by atoms with Gasteiger partial charge in [-0.15, -0.1) is 0 Å². The van der Waals surface area contributed by atoms with Crippen molar-refractivity contribution in [3.05, 3.63) is 51.7 Å². The third-order valence-electron chi connectivity index (χ3n) is 2.98. The fraction of sp³-hybridized carbons (Fsp3) is 0.250. The van der Waals surface area contributed by atoms with E-state index in [1.54, 1.807) is 13.0 Å². The summed E-state index contributed by atoms with van der Waals surface area (Å²) < 4.78 is 19.0. The molecule has 0 bridgehead atoms. The van der Waals surface area contributed by atoms with E-state index in [1.807, 2.05) is 13.0 Å². The van der Waals surface area contributed by atoms with Crippen molar-refractivity contribution in [1.29, 1.82) is 5.26 Å². The maximum atomic E-state index is 13.7. The molecule has 0 amide bonds. The van der Waals surface area contributed by atoms with E-state index in [2.05, 4.69) is 4.98 Å². The number of hydrogen-bond donors (Lipinski definition) is 1.